The predicted molar refractivity (Wildman–Crippen MR) is 115 cm³/mol. The van der Waals surface area contributed by atoms with Crippen LogP contribution in [0.4, 0.5) is 5.69 Å². The van der Waals surface area contributed by atoms with E-state index in [1.165, 1.54) is 5.69 Å². The number of anilines is 1. The Bertz CT molecular complexity index is 952. The number of nitrogens with zero attached hydrogens (tertiary/aromatic N) is 2. The van der Waals surface area contributed by atoms with E-state index >= 15 is 0 Å². The van der Waals surface area contributed by atoms with Crippen molar-refractivity contribution < 1.29 is 18.7 Å². The van der Waals surface area contributed by atoms with Gasteiger partial charge in [-0.05, 0) is 30.0 Å². The zero-order chi connectivity index (χ0) is 21.5. The molecule has 0 saturated carbocycles. The molecule has 0 bridgehead atoms. The van der Waals surface area contributed by atoms with E-state index < -0.39 is 0 Å². The van der Waals surface area contributed by atoms with Gasteiger partial charge >= 0.3 is 0 Å². The Labute approximate surface area is 177 Å². The van der Waals surface area contributed by atoms with Gasteiger partial charge in [-0.3, -0.25) is 9.59 Å². The largest absolute Gasteiger partial charge is 0.455 e. The lowest BCUT2D eigenvalue weighted by Crippen LogP contribution is -2.36. The summed E-state index contributed by atoms with van der Waals surface area (Å²) in [6.45, 7) is 9.71. The Balaban J connectivity index is 1.47. The maximum Gasteiger partial charge on any atom is 0.289 e. The van der Waals surface area contributed by atoms with Crippen LogP contribution in [0.5, 0.6) is 0 Å². The van der Waals surface area contributed by atoms with E-state index in [-0.39, 0.29) is 17.1 Å². The predicted octanol–water partition coefficient (Wildman–Crippen LogP) is 3.85. The molecule has 4 rings (SSSR count). The van der Waals surface area contributed by atoms with Crippen LogP contribution in [0.15, 0.2) is 28.7 Å². The third-order valence-electron chi connectivity index (χ3n) is 6.05. The van der Waals surface area contributed by atoms with Gasteiger partial charge in [-0.15, -0.1) is 0 Å². The molecule has 1 aliphatic carbocycles. The first-order valence-electron chi connectivity index (χ1n) is 10.6. The highest BCUT2D eigenvalue weighted by atomic mass is 16.5. The topological polar surface area (TPSA) is 63.0 Å². The van der Waals surface area contributed by atoms with Gasteiger partial charge in [0.15, 0.2) is 11.5 Å². The van der Waals surface area contributed by atoms with Crippen molar-refractivity contribution in [3.8, 4) is 0 Å². The number of Topliss-reactive ketones (excluding diaryl/α,β-unsaturated/α-hetero) is 1. The molecular formula is C24H30N2O4. The molecule has 1 amide bonds. The summed E-state index contributed by atoms with van der Waals surface area (Å²) in [4.78, 5) is 29.6. The van der Waals surface area contributed by atoms with Crippen molar-refractivity contribution >= 4 is 17.4 Å². The second kappa shape index (κ2) is 7.91. The highest BCUT2D eigenvalue weighted by Crippen LogP contribution is 2.38. The highest BCUT2D eigenvalue weighted by Gasteiger charge is 2.37. The van der Waals surface area contributed by atoms with Crippen LogP contribution in [0.1, 0.15) is 58.1 Å². The van der Waals surface area contributed by atoms with Gasteiger partial charge in [0.05, 0.1) is 18.8 Å². The first-order valence-corrected chi connectivity index (χ1v) is 10.6. The van der Waals surface area contributed by atoms with Crippen LogP contribution in [-0.4, -0.2) is 49.9 Å². The van der Waals surface area contributed by atoms with Crippen LogP contribution in [-0.2, 0) is 17.7 Å². The summed E-state index contributed by atoms with van der Waals surface area (Å²) in [6.07, 6.45) is 1.16. The lowest BCUT2D eigenvalue weighted by Gasteiger charge is -2.29. The number of fused-ring (bicyclic) bond motifs is 1. The number of furan rings is 1. The van der Waals surface area contributed by atoms with Crippen molar-refractivity contribution in [3.05, 3.63) is 52.5 Å². The molecule has 0 unspecified atom stereocenters. The van der Waals surface area contributed by atoms with E-state index in [2.05, 4.69) is 43.0 Å². The molecule has 2 aliphatic rings. The molecule has 6 nitrogen and oxygen atoms in total. The summed E-state index contributed by atoms with van der Waals surface area (Å²) in [7, 11) is 1.77. The molecule has 2 aromatic rings. The van der Waals surface area contributed by atoms with E-state index in [1.807, 2.05) is 6.92 Å². The van der Waals surface area contributed by atoms with Gasteiger partial charge in [-0.25, -0.2) is 0 Å². The number of carbonyl (C=O) groups is 2. The Morgan fingerprint density at radius 1 is 1.13 bits per heavy atom. The number of hydrogen-bond acceptors (Lipinski definition) is 5. The third kappa shape index (κ3) is 4.01. The number of hydrogen-bond donors (Lipinski definition) is 0. The van der Waals surface area contributed by atoms with E-state index in [0.717, 1.165) is 31.9 Å². The Morgan fingerprint density at radius 3 is 2.47 bits per heavy atom. The number of benzene rings is 1. The normalized spacial score (nSPS) is 18.3. The molecule has 160 valence electrons. The van der Waals surface area contributed by atoms with E-state index in [4.69, 9.17) is 9.15 Å². The molecule has 1 saturated heterocycles. The van der Waals surface area contributed by atoms with Gasteiger partial charge in [0.25, 0.3) is 5.91 Å². The fourth-order valence-electron chi connectivity index (χ4n) is 4.44. The molecule has 6 heteroatoms. The molecule has 0 N–H and O–H groups in total. The van der Waals surface area contributed by atoms with Gasteiger partial charge in [-0.2, -0.15) is 0 Å². The minimum absolute atomic E-state index is 0.0721. The summed E-state index contributed by atoms with van der Waals surface area (Å²) >= 11 is 0. The maximum atomic E-state index is 13.1. The van der Waals surface area contributed by atoms with Gasteiger partial charge in [-0.1, -0.05) is 26.0 Å². The molecule has 1 fully saturated rings. The van der Waals surface area contributed by atoms with E-state index in [9.17, 15) is 9.59 Å². The first-order chi connectivity index (χ1) is 14.2. The van der Waals surface area contributed by atoms with Crippen LogP contribution in [0.25, 0.3) is 0 Å². The average molecular weight is 411 g/mol. The van der Waals surface area contributed by atoms with Crippen molar-refractivity contribution in [2.45, 2.75) is 40.2 Å². The molecular weight excluding hydrogens is 380 g/mol. The molecule has 1 aromatic heterocycles. The van der Waals surface area contributed by atoms with Gasteiger partial charge in [0.2, 0.25) is 0 Å². The smallest absolute Gasteiger partial charge is 0.289 e. The summed E-state index contributed by atoms with van der Waals surface area (Å²) in [5.41, 5.74) is 3.37. The Morgan fingerprint density at radius 2 is 1.80 bits per heavy atom. The van der Waals surface area contributed by atoms with Crippen LogP contribution >= 0.6 is 0 Å². The van der Waals surface area contributed by atoms with Crippen molar-refractivity contribution in [1.82, 2.24) is 4.90 Å². The maximum absolute atomic E-state index is 13.1. The van der Waals surface area contributed by atoms with Crippen molar-refractivity contribution in [1.29, 1.82) is 0 Å². The lowest BCUT2D eigenvalue weighted by molar-refractivity contribution is 0.0746. The second-order valence-corrected chi connectivity index (χ2v) is 9.22. The minimum Gasteiger partial charge on any atom is -0.455 e. The molecule has 30 heavy (non-hydrogen) atoms. The Kier molecular flexibility index (Phi) is 5.45. The van der Waals surface area contributed by atoms with E-state index in [0.29, 0.717) is 42.0 Å². The number of ketones is 1. The molecule has 0 radical (unpaired) electrons. The first kappa shape index (κ1) is 20.7. The van der Waals surface area contributed by atoms with Crippen LogP contribution in [0.3, 0.4) is 0 Å². The molecule has 0 spiro atoms. The molecule has 2 heterocycles. The summed E-state index contributed by atoms with van der Waals surface area (Å²) < 4.78 is 11.3. The van der Waals surface area contributed by atoms with E-state index in [1.54, 1.807) is 11.9 Å². The van der Waals surface area contributed by atoms with Crippen LogP contribution in [0, 0.1) is 12.3 Å². The quantitative estimate of drug-likeness (QED) is 0.766. The summed E-state index contributed by atoms with van der Waals surface area (Å²) in [6, 6.07) is 8.30. The number of morpholine rings is 1. The highest BCUT2D eigenvalue weighted by molar-refractivity contribution is 6.03. The fraction of sp³-hybridized carbons (Fsp3) is 0.500. The monoisotopic (exact) mass is 410 g/mol. The number of carbonyl (C=O) groups excluding carboxylic acids is 2. The lowest BCUT2D eigenvalue weighted by atomic mass is 9.76. The van der Waals surface area contributed by atoms with Gasteiger partial charge in [0, 0.05) is 50.8 Å². The zero-order valence-corrected chi connectivity index (χ0v) is 18.3. The second-order valence-electron chi connectivity index (χ2n) is 9.22. The minimum atomic E-state index is -0.190. The zero-order valence-electron chi connectivity index (χ0n) is 18.3. The van der Waals surface area contributed by atoms with Crippen molar-refractivity contribution in [2.75, 3.05) is 38.3 Å². The van der Waals surface area contributed by atoms with Crippen LogP contribution < -0.4 is 4.90 Å². The third-order valence-corrected chi connectivity index (χ3v) is 6.05. The molecule has 1 aromatic carbocycles. The summed E-state index contributed by atoms with van der Waals surface area (Å²) in [5.74, 6) is 0.825. The van der Waals surface area contributed by atoms with Crippen LogP contribution in [0.2, 0.25) is 0 Å². The molecule has 0 atom stereocenters. The van der Waals surface area contributed by atoms with Gasteiger partial charge < -0.3 is 19.0 Å². The number of amides is 1. The van der Waals surface area contributed by atoms with Crippen molar-refractivity contribution in [2.24, 2.45) is 5.41 Å². The Hall–Kier alpha value is -2.60. The fourth-order valence-corrected chi connectivity index (χ4v) is 4.44. The van der Waals surface area contributed by atoms with Gasteiger partial charge in [0.1, 0.15) is 5.76 Å². The summed E-state index contributed by atoms with van der Waals surface area (Å²) in [5, 5.41) is 0. The number of ether oxygens (including phenoxy) is 1. The van der Waals surface area contributed by atoms with Crippen molar-refractivity contribution in [3.63, 3.8) is 0 Å². The SMILES string of the molecule is Cc1c(C(=O)N(C)Cc2ccc(N3CCOCC3)cc2)oc2c1C(=O)CC(C)(C)C2. The number of rotatable bonds is 4. The standard InChI is InChI=1S/C24H30N2O4/c1-16-21-19(27)13-24(2,3)14-20(21)30-22(16)23(28)25(4)15-17-5-7-18(8-6-17)26-9-11-29-12-10-26/h5-8H,9-15H2,1-4H3. The molecule has 1 aliphatic heterocycles. The average Bonchev–Trinajstić information content (AvgIpc) is 3.03.